The minimum Gasteiger partial charge on any atom is -0.457 e. The lowest BCUT2D eigenvalue weighted by atomic mass is 10.1. The van der Waals surface area contributed by atoms with Crippen molar-refractivity contribution in [2.24, 2.45) is 0 Å². The monoisotopic (exact) mass is 464 g/mol. The standard InChI is InChI=1S/C23H17BrN2O4/c1-15(27)25(14-26-22(28)20-12-7-16(24)13-21(20)23(26)29)17-8-10-19(11-9-17)30-18-5-3-2-4-6-18/h2-13H,14H2,1H3. The lowest BCUT2D eigenvalue weighted by Crippen LogP contribution is -2.43. The Morgan fingerprint density at radius 3 is 2.20 bits per heavy atom. The Kier molecular flexibility index (Phi) is 5.37. The maximum atomic E-state index is 12.7. The molecule has 7 heteroatoms. The second kappa shape index (κ2) is 8.12. The fourth-order valence-corrected chi connectivity index (χ4v) is 3.58. The zero-order valence-corrected chi connectivity index (χ0v) is 17.6. The summed E-state index contributed by atoms with van der Waals surface area (Å²) in [5.41, 5.74) is 1.21. The first-order chi connectivity index (χ1) is 14.4. The Labute approximate surface area is 181 Å². The molecule has 0 saturated carbocycles. The number of para-hydroxylation sites is 1. The number of ether oxygens (including phenoxy) is 1. The quantitative estimate of drug-likeness (QED) is 0.506. The Bertz CT molecular complexity index is 1130. The molecule has 1 aliphatic rings. The van der Waals surface area contributed by atoms with E-state index < -0.39 is 11.8 Å². The number of anilines is 1. The molecule has 0 fully saturated rings. The van der Waals surface area contributed by atoms with Crippen LogP contribution in [0.25, 0.3) is 0 Å². The maximum absolute atomic E-state index is 12.7. The van der Waals surface area contributed by atoms with Gasteiger partial charge >= 0.3 is 0 Å². The van der Waals surface area contributed by atoms with Gasteiger partial charge in [0, 0.05) is 17.1 Å². The summed E-state index contributed by atoms with van der Waals surface area (Å²) in [6.07, 6.45) is 0. The van der Waals surface area contributed by atoms with Gasteiger partial charge in [0.15, 0.2) is 0 Å². The number of benzene rings is 3. The molecule has 0 bridgehead atoms. The molecule has 3 aromatic carbocycles. The molecule has 4 rings (SSSR count). The van der Waals surface area contributed by atoms with Crippen LogP contribution in [0.4, 0.5) is 5.69 Å². The van der Waals surface area contributed by atoms with Crippen LogP contribution in [0, 0.1) is 0 Å². The fourth-order valence-electron chi connectivity index (χ4n) is 3.21. The molecule has 0 spiro atoms. The third-order valence-electron chi connectivity index (χ3n) is 4.72. The van der Waals surface area contributed by atoms with Crippen LogP contribution >= 0.6 is 15.9 Å². The van der Waals surface area contributed by atoms with Crippen molar-refractivity contribution in [1.82, 2.24) is 4.90 Å². The van der Waals surface area contributed by atoms with Crippen molar-refractivity contribution >= 4 is 39.3 Å². The van der Waals surface area contributed by atoms with Crippen molar-refractivity contribution in [2.45, 2.75) is 6.92 Å². The third-order valence-corrected chi connectivity index (χ3v) is 5.22. The molecule has 150 valence electrons. The molecule has 3 aromatic rings. The topological polar surface area (TPSA) is 66.9 Å². The van der Waals surface area contributed by atoms with Gasteiger partial charge in [-0.2, -0.15) is 0 Å². The molecular formula is C23H17BrN2O4. The highest BCUT2D eigenvalue weighted by atomic mass is 79.9. The van der Waals surface area contributed by atoms with Crippen LogP contribution in [0.3, 0.4) is 0 Å². The summed E-state index contributed by atoms with van der Waals surface area (Å²) >= 11 is 3.31. The number of hydrogen-bond donors (Lipinski definition) is 0. The highest BCUT2D eigenvalue weighted by Crippen LogP contribution is 2.28. The van der Waals surface area contributed by atoms with Crippen LogP contribution in [-0.4, -0.2) is 29.3 Å². The zero-order valence-electron chi connectivity index (χ0n) is 16.0. The molecule has 0 atom stereocenters. The average molecular weight is 465 g/mol. The number of imide groups is 1. The smallest absolute Gasteiger partial charge is 0.263 e. The van der Waals surface area contributed by atoms with Gasteiger partial charge in [-0.25, -0.2) is 0 Å². The average Bonchev–Trinajstić information content (AvgIpc) is 2.97. The number of hydrogen-bond acceptors (Lipinski definition) is 4. The van der Waals surface area contributed by atoms with E-state index in [0.29, 0.717) is 32.8 Å². The molecule has 0 saturated heterocycles. The number of carbonyl (C=O) groups is 3. The number of fused-ring (bicyclic) bond motifs is 1. The highest BCUT2D eigenvalue weighted by Gasteiger charge is 2.37. The molecule has 30 heavy (non-hydrogen) atoms. The van der Waals surface area contributed by atoms with E-state index in [9.17, 15) is 14.4 Å². The van der Waals surface area contributed by atoms with E-state index in [0.717, 1.165) is 4.90 Å². The summed E-state index contributed by atoms with van der Waals surface area (Å²) in [4.78, 5) is 40.2. The number of halogens is 1. The van der Waals surface area contributed by atoms with Gasteiger partial charge in [0.2, 0.25) is 5.91 Å². The summed E-state index contributed by atoms with van der Waals surface area (Å²) in [5.74, 6) is 0.179. The van der Waals surface area contributed by atoms with Crippen LogP contribution in [0.2, 0.25) is 0 Å². The molecule has 6 nitrogen and oxygen atoms in total. The Morgan fingerprint density at radius 1 is 0.900 bits per heavy atom. The van der Waals surface area contributed by atoms with Gasteiger partial charge in [0.1, 0.15) is 18.2 Å². The molecule has 3 amide bonds. The predicted molar refractivity (Wildman–Crippen MR) is 116 cm³/mol. The van der Waals surface area contributed by atoms with Gasteiger partial charge in [0.25, 0.3) is 11.8 Å². The van der Waals surface area contributed by atoms with E-state index in [1.165, 1.54) is 11.8 Å². The first-order valence-corrected chi connectivity index (χ1v) is 10.00. The lowest BCUT2D eigenvalue weighted by Gasteiger charge is -2.26. The first kappa shape index (κ1) is 19.8. The molecule has 1 aliphatic heterocycles. The first-order valence-electron chi connectivity index (χ1n) is 9.21. The molecule has 1 heterocycles. The van der Waals surface area contributed by atoms with Crippen molar-refractivity contribution in [1.29, 1.82) is 0 Å². The molecule has 0 aromatic heterocycles. The van der Waals surface area contributed by atoms with Crippen molar-refractivity contribution in [3.8, 4) is 11.5 Å². The number of nitrogens with zero attached hydrogens (tertiary/aromatic N) is 2. The normalized spacial score (nSPS) is 12.7. The fraction of sp³-hybridized carbons (Fsp3) is 0.0870. The van der Waals surface area contributed by atoms with E-state index in [1.807, 2.05) is 30.3 Å². The SMILES string of the molecule is CC(=O)N(CN1C(=O)c2ccc(Br)cc2C1=O)c1ccc(Oc2ccccc2)cc1. The summed E-state index contributed by atoms with van der Waals surface area (Å²) in [7, 11) is 0. The van der Waals surface area contributed by atoms with Gasteiger partial charge in [-0.15, -0.1) is 0 Å². The summed E-state index contributed by atoms with van der Waals surface area (Å²) in [5, 5.41) is 0. The van der Waals surface area contributed by atoms with E-state index in [1.54, 1.807) is 42.5 Å². The van der Waals surface area contributed by atoms with Crippen LogP contribution < -0.4 is 9.64 Å². The second-order valence-corrected chi connectivity index (χ2v) is 7.64. The van der Waals surface area contributed by atoms with Crippen LogP contribution in [0.5, 0.6) is 11.5 Å². The number of amides is 3. The Balaban J connectivity index is 1.54. The number of carbonyl (C=O) groups excluding carboxylic acids is 3. The largest absolute Gasteiger partial charge is 0.457 e. The van der Waals surface area contributed by atoms with Crippen molar-refractivity contribution < 1.29 is 19.1 Å². The Morgan fingerprint density at radius 2 is 1.53 bits per heavy atom. The van der Waals surface area contributed by atoms with E-state index in [-0.39, 0.29) is 12.6 Å². The maximum Gasteiger partial charge on any atom is 0.263 e. The van der Waals surface area contributed by atoms with Gasteiger partial charge < -0.3 is 4.74 Å². The molecule has 0 N–H and O–H groups in total. The van der Waals surface area contributed by atoms with Crippen LogP contribution in [-0.2, 0) is 4.79 Å². The molecule has 0 aliphatic carbocycles. The molecule has 0 unspecified atom stereocenters. The highest BCUT2D eigenvalue weighted by molar-refractivity contribution is 9.10. The lowest BCUT2D eigenvalue weighted by molar-refractivity contribution is -0.116. The van der Waals surface area contributed by atoms with E-state index >= 15 is 0 Å². The molecular weight excluding hydrogens is 448 g/mol. The van der Waals surface area contributed by atoms with Crippen molar-refractivity contribution in [2.75, 3.05) is 11.6 Å². The van der Waals surface area contributed by atoms with Crippen LogP contribution in [0.1, 0.15) is 27.6 Å². The van der Waals surface area contributed by atoms with Crippen LogP contribution in [0.15, 0.2) is 77.3 Å². The minimum atomic E-state index is -0.424. The summed E-state index contributed by atoms with van der Waals surface area (Å²) in [6, 6.07) is 21.2. The van der Waals surface area contributed by atoms with Crippen molar-refractivity contribution in [3.05, 3.63) is 88.4 Å². The Hall–Kier alpha value is -3.45. The molecule has 0 radical (unpaired) electrons. The predicted octanol–water partition coefficient (Wildman–Crippen LogP) is 4.85. The summed E-state index contributed by atoms with van der Waals surface area (Å²) < 4.78 is 6.48. The summed E-state index contributed by atoms with van der Waals surface area (Å²) in [6.45, 7) is 1.22. The van der Waals surface area contributed by atoms with Gasteiger partial charge in [-0.3, -0.25) is 24.2 Å². The second-order valence-electron chi connectivity index (χ2n) is 6.73. The zero-order chi connectivity index (χ0) is 21.3. The minimum absolute atomic E-state index is 0.168. The van der Waals surface area contributed by atoms with Crippen molar-refractivity contribution in [3.63, 3.8) is 0 Å². The number of rotatable bonds is 5. The van der Waals surface area contributed by atoms with Gasteiger partial charge in [-0.05, 0) is 54.6 Å². The van der Waals surface area contributed by atoms with E-state index in [4.69, 9.17) is 4.74 Å². The third kappa shape index (κ3) is 3.84. The van der Waals surface area contributed by atoms with E-state index in [2.05, 4.69) is 15.9 Å². The van der Waals surface area contributed by atoms with Gasteiger partial charge in [0.05, 0.1) is 11.1 Å². The van der Waals surface area contributed by atoms with Gasteiger partial charge in [-0.1, -0.05) is 34.1 Å².